The van der Waals surface area contributed by atoms with Crippen LogP contribution in [0.3, 0.4) is 0 Å². The molecule has 0 aliphatic carbocycles. The van der Waals surface area contributed by atoms with Crippen LogP contribution in [-0.4, -0.2) is 36.4 Å². The number of aromatic nitrogens is 2. The number of quaternary nitrogens is 1. The number of benzene rings is 2. The summed E-state index contributed by atoms with van der Waals surface area (Å²) in [4.78, 5) is 13.8. The molecule has 1 atom stereocenters. The third kappa shape index (κ3) is 4.89. The van der Waals surface area contributed by atoms with Gasteiger partial charge in [-0.05, 0) is 52.0 Å². The van der Waals surface area contributed by atoms with Crippen molar-refractivity contribution in [1.29, 1.82) is 0 Å². The Morgan fingerprint density at radius 1 is 1.07 bits per heavy atom. The predicted molar refractivity (Wildman–Crippen MR) is 120 cm³/mol. The molecule has 1 amide bonds. The molecule has 30 heavy (non-hydrogen) atoms. The fourth-order valence-electron chi connectivity index (χ4n) is 3.65. The van der Waals surface area contributed by atoms with Crippen molar-refractivity contribution in [2.45, 2.75) is 34.2 Å². The minimum atomic E-state index is -0.0335. The molecule has 0 saturated heterocycles. The number of likely N-dealkylation sites (N-methyl/N-ethyl adjacent to an activating group) is 1. The summed E-state index contributed by atoms with van der Waals surface area (Å²) in [6, 6.07) is 14.3. The number of amides is 1. The monoisotopic (exact) mass is 407 g/mol. The van der Waals surface area contributed by atoms with Crippen molar-refractivity contribution in [3.05, 3.63) is 70.5 Å². The van der Waals surface area contributed by atoms with Crippen molar-refractivity contribution in [2.24, 2.45) is 0 Å². The number of carbonyl (C=O) groups excluding carboxylic acids is 1. The topological polar surface area (TPSA) is 60.6 Å². The number of carbonyl (C=O) groups is 1. The van der Waals surface area contributed by atoms with E-state index >= 15 is 0 Å². The lowest BCUT2D eigenvalue weighted by Gasteiger charge is -2.16. The Morgan fingerprint density at radius 3 is 2.40 bits per heavy atom. The lowest BCUT2D eigenvalue weighted by atomic mass is 10.1. The van der Waals surface area contributed by atoms with Crippen LogP contribution in [0.2, 0.25) is 0 Å². The van der Waals surface area contributed by atoms with Crippen LogP contribution in [0.25, 0.3) is 5.69 Å². The van der Waals surface area contributed by atoms with Crippen molar-refractivity contribution in [2.75, 3.05) is 26.0 Å². The van der Waals surface area contributed by atoms with Gasteiger partial charge in [0.1, 0.15) is 12.3 Å². The summed E-state index contributed by atoms with van der Waals surface area (Å²) >= 11 is 0. The van der Waals surface area contributed by atoms with Gasteiger partial charge in [0.25, 0.3) is 5.91 Å². The number of hydrogen-bond donors (Lipinski definition) is 2. The molecule has 3 rings (SSSR count). The second kappa shape index (κ2) is 9.13. The molecule has 0 saturated carbocycles. The molecular weight excluding hydrogens is 376 g/mol. The molecule has 0 aliphatic rings. The van der Waals surface area contributed by atoms with Gasteiger partial charge in [0.2, 0.25) is 0 Å². The van der Waals surface area contributed by atoms with Crippen molar-refractivity contribution in [3.63, 3.8) is 0 Å². The van der Waals surface area contributed by atoms with E-state index < -0.39 is 0 Å². The SMILES string of the molecule is COc1ccc(C)cc1C[NH+](C)CC(=O)Nc1c(C)nn(-c2ccc(C)cc2)c1C. The minimum absolute atomic E-state index is 0.0335. The highest BCUT2D eigenvalue weighted by molar-refractivity contribution is 5.92. The Balaban J connectivity index is 1.69. The summed E-state index contributed by atoms with van der Waals surface area (Å²) in [5.74, 6) is 0.820. The third-order valence-electron chi connectivity index (χ3n) is 5.22. The van der Waals surface area contributed by atoms with E-state index in [9.17, 15) is 4.79 Å². The largest absolute Gasteiger partial charge is 0.496 e. The standard InChI is InChI=1S/C24H30N4O2/c1-16-7-10-21(11-8-16)28-19(4)24(18(3)26-28)25-23(29)15-27(5)14-20-13-17(2)9-12-22(20)30-6/h7-13H,14-15H2,1-6H3,(H,25,29)/p+1. The van der Waals surface area contributed by atoms with Gasteiger partial charge < -0.3 is 15.0 Å². The van der Waals surface area contributed by atoms with Crippen molar-refractivity contribution in [1.82, 2.24) is 9.78 Å². The van der Waals surface area contributed by atoms with Gasteiger partial charge in [0.15, 0.2) is 6.54 Å². The van der Waals surface area contributed by atoms with Gasteiger partial charge in [-0.25, -0.2) is 4.68 Å². The number of anilines is 1. The Hall–Kier alpha value is -3.12. The van der Waals surface area contributed by atoms with Gasteiger partial charge in [0.05, 0.1) is 36.9 Å². The molecule has 0 radical (unpaired) electrons. The van der Waals surface area contributed by atoms with E-state index in [0.29, 0.717) is 13.1 Å². The van der Waals surface area contributed by atoms with E-state index in [1.54, 1.807) is 7.11 Å². The van der Waals surface area contributed by atoms with Gasteiger partial charge in [0, 0.05) is 5.56 Å². The molecule has 0 fully saturated rings. The molecule has 1 heterocycles. The van der Waals surface area contributed by atoms with Crippen molar-refractivity contribution < 1.29 is 14.4 Å². The number of methoxy groups -OCH3 is 1. The molecule has 6 nitrogen and oxygen atoms in total. The average molecular weight is 408 g/mol. The molecule has 2 N–H and O–H groups in total. The maximum atomic E-state index is 12.7. The first-order valence-corrected chi connectivity index (χ1v) is 10.2. The van der Waals surface area contributed by atoms with Gasteiger partial charge in [-0.15, -0.1) is 0 Å². The number of hydrogen-bond acceptors (Lipinski definition) is 3. The van der Waals surface area contributed by atoms with E-state index in [0.717, 1.165) is 39.0 Å². The Bertz CT molecular complexity index is 1040. The van der Waals surface area contributed by atoms with Gasteiger partial charge in [-0.3, -0.25) is 4.79 Å². The fraction of sp³-hybridized carbons (Fsp3) is 0.333. The zero-order valence-corrected chi connectivity index (χ0v) is 18.7. The molecule has 3 aromatic rings. The molecule has 6 heteroatoms. The summed E-state index contributed by atoms with van der Waals surface area (Å²) in [5, 5.41) is 7.68. The van der Waals surface area contributed by atoms with Crippen LogP contribution < -0.4 is 15.0 Å². The lowest BCUT2D eigenvalue weighted by Crippen LogP contribution is -3.08. The van der Waals surface area contributed by atoms with Gasteiger partial charge in [-0.1, -0.05) is 29.3 Å². The van der Waals surface area contributed by atoms with Crippen LogP contribution >= 0.6 is 0 Å². The lowest BCUT2D eigenvalue weighted by molar-refractivity contribution is -0.885. The van der Waals surface area contributed by atoms with Gasteiger partial charge in [-0.2, -0.15) is 5.10 Å². The summed E-state index contributed by atoms with van der Waals surface area (Å²) in [7, 11) is 3.68. The molecular formula is C24H31N4O2+. The van der Waals surface area contributed by atoms with Crippen LogP contribution in [-0.2, 0) is 11.3 Å². The zero-order valence-electron chi connectivity index (χ0n) is 18.7. The quantitative estimate of drug-likeness (QED) is 0.633. The third-order valence-corrected chi connectivity index (χ3v) is 5.22. The Labute approximate surface area is 178 Å². The first kappa shape index (κ1) is 21.6. The number of nitrogens with one attached hydrogen (secondary N) is 2. The first-order chi connectivity index (χ1) is 14.3. The van der Waals surface area contributed by atoms with Crippen LogP contribution in [0.15, 0.2) is 42.5 Å². The Kier molecular flexibility index (Phi) is 6.57. The molecule has 1 unspecified atom stereocenters. The van der Waals surface area contributed by atoms with E-state index in [1.807, 2.05) is 49.8 Å². The van der Waals surface area contributed by atoms with E-state index in [4.69, 9.17) is 4.74 Å². The molecule has 158 valence electrons. The first-order valence-electron chi connectivity index (χ1n) is 10.2. The van der Waals surface area contributed by atoms with E-state index in [2.05, 4.69) is 42.5 Å². The summed E-state index contributed by atoms with van der Waals surface area (Å²) in [5.41, 5.74) is 6.96. The average Bonchev–Trinajstić information content (AvgIpc) is 2.97. The highest BCUT2D eigenvalue weighted by Crippen LogP contribution is 2.23. The number of nitrogens with zero attached hydrogens (tertiary/aromatic N) is 2. The van der Waals surface area contributed by atoms with Crippen molar-refractivity contribution >= 4 is 11.6 Å². The molecule has 0 aliphatic heterocycles. The van der Waals surface area contributed by atoms with Crippen LogP contribution in [0.1, 0.15) is 28.1 Å². The van der Waals surface area contributed by atoms with Crippen molar-refractivity contribution in [3.8, 4) is 11.4 Å². The second-order valence-electron chi connectivity index (χ2n) is 7.97. The van der Waals surface area contributed by atoms with Gasteiger partial charge >= 0.3 is 0 Å². The van der Waals surface area contributed by atoms with Crippen LogP contribution in [0.4, 0.5) is 5.69 Å². The molecule has 1 aromatic heterocycles. The summed E-state index contributed by atoms with van der Waals surface area (Å²) < 4.78 is 7.33. The van der Waals surface area contributed by atoms with Crippen LogP contribution in [0, 0.1) is 27.7 Å². The predicted octanol–water partition coefficient (Wildman–Crippen LogP) is 2.77. The number of aryl methyl sites for hydroxylation is 3. The highest BCUT2D eigenvalue weighted by atomic mass is 16.5. The smallest absolute Gasteiger partial charge is 0.279 e. The Morgan fingerprint density at radius 2 is 1.73 bits per heavy atom. The molecule has 0 spiro atoms. The normalized spacial score (nSPS) is 11.9. The van der Waals surface area contributed by atoms with E-state index in [-0.39, 0.29) is 5.91 Å². The number of ether oxygens (including phenoxy) is 1. The zero-order chi connectivity index (χ0) is 21.8. The maximum absolute atomic E-state index is 12.7. The number of rotatable bonds is 7. The highest BCUT2D eigenvalue weighted by Gasteiger charge is 2.18. The molecule has 2 aromatic carbocycles. The second-order valence-corrected chi connectivity index (χ2v) is 7.97. The molecule has 0 bridgehead atoms. The minimum Gasteiger partial charge on any atom is -0.496 e. The van der Waals surface area contributed by atoms with E-state index in [1.165, 1.54) is 11.1 Å². The summed E-state index contributed by atoms with van der Waals surface area (Å²) in [6.07, 6.45) is 0. The van der Waals surface area contributed by atoms with Crippen LogP contribution in [0.5, 0.6) is 5.75 Å². The fourth-order valence-corrected chi connectivity index (χ4v) is 3.65. The summed E-state index contributed by atoms with van der Waals surface area (Å²) in [6.45, 7) is 9.07. The maximum Gasteiger partial charge on any atom is 0.279 e.